The lowest BCUT2D eigenvalue weighted by Gasteiger charge is -2.38. The van der Waals surface area contributed by atoms with Crippen molar-refractivity contribution in [3.8, 4) is 0 Å². The number of amides is 2. The smallest absolute Gasteiger partial charge is 0.325 e. The number of carboxylic acid groups (broad SMARTS) is 1. The molecule has 1 fully saturated rings. The lowest BCUT2D eigenvalue weighted by molar-refractivity contribution is -0.138. The van der Waals surface area contributed by atoms with Crippen molar-refractivity contribution in [3.05, 3.63) is 0 Å². The zero-order valence-electron chi connectivity index (χ0n) is 10.5. The fourth-order valence-electron chi connectivity index (χ4n) is 1.76. The zero-order valence-corrected chi connectivity index (χ0v) is 10.5. The first-order valence-electron chi connectivity index (χ1n) is 5.87. The number of ether oxygens (including phenoxy) is 1. The van der Waals surface area contributed by atoms with Gasteiger partial charge in [-0.1, -0.05) is 6.92 Å². The maximum Gasteiger partial charge on any atom is 0.325 e. The predicted molar refractivity (Wildman–Crippen MR) is 61.8 cm³/mol. The van der Waals surface area contributed by atoms with Gasteiger partial charge in [0.1, 0.15) is 6.04 Å². The largest absolute Gasteiger partial charge is 0.480 e. The van der Waals surface area contributed by atoms with E-state index in [1.54, 1.807) is 4.90 Å². The summed E-state index contributed by atoms with van der Waals surface area (Å²) in [4.78, 5) is 24.3. The minimum atomic E-state index is -1.03. The second kappa shape index (κ2) is 5.86. The van der Waals surface area contributed by atoms with Crippen LogP contribution in [0.15, 0.2) is 0 Å². The molecule has 1 rings (SSSR count). The minimum absolute atomic E-state index is 0.0105. The van der Waals surface area contributed by atoms with Crippen molar-refractivity contribution < 1.29 is 19.4 Å². The molecule has 0 radical (unpaired) electrons. The number of morpholine rings is 1. The molecule has 0 saturated carbocycles. The Labute approximate surface area is 101 Å². The van der Waals surface area contributed by atoms with E-state index in [4.69, 9.17) is 9.84 Å². The maximum absolute atomic E-state index is 11.9. The molecule has 98 valence electrons. The molecule has 0 aromatic heterocycles. The highest BCUT2D eigenvalue weighted by molar-refractivity contribution is 5.82. The molecule has 1 saturated heterocycles. The van der Waals surface area contributed by atoms with Crippen LogP contribution in [0.5, 0.6) is 0 Å². The van der Waals surface area contributed by atoms with Crippen molar-refractivity contribution in [1.82, 2.24) is 10.2 Å². The van der Waals surface area contributed by atoms with E-state index < -0.39 is 12.0 Å². The van der Waals surface area contributed by atoms with Crippen LogP contribution in [-0.4, -0.2) is 53.3 Å². The van der Waals surface area contributed by atoms with Crippen LogP contribution in [0.2, 0.25) is 0 Å². The van der Waals surface area contributed by atoms with Crippen LogP contribution in [0.3, 0.4) is 0 Å². The molecule has 1 heterocycles. The molecule has 1 aliphatic heterocycles. The molecule has 1 aliphatic rings. The molecule has 0 spiro atoms. The van der Waals surface area contributed by atoms with Crippen molar-refractivity contribution in [2.45, 2.75) is 45.4 Å². The van der Waals surface area contributed by atoms with Crippen LogP contribution in [0, 0.1) is 0 Å². The number of nitrogens with one attached hydrogen (secondary N) is 1. The lowest BCUT2D eigenvalue weighted by Crippen LogP contribution is -2.56. The van der Waals surface area contributed by atoms with Crippen LogP contribution < -0.4 is 5.32 Å². The summed E-state index contributed by atoms with van der Waals surface area (Å²) in [6.07, 6.45) is 0.783. The van der Waals surface area contributed by atoms with E-state index >= 15 is 0 Å². The number of aliphatic carboxylic acids is 1. The third-order valence-corrected chi connectivity index (χ3v) is 2.91. The number of rotatable bonds is 3. The van der Waals surface area contributed by atoms with E-state index in [0.29, 0.717) is 13.2 Å². The van der Waals surface area contributed by atoms with Gasteiger partial charge in [0.2, 0.25) is 0 Å². The Balaban J connectivity index is 2.61. The van der Waals surface area contributed by atoms with Gasteiger partial charge in [-0.25, -0.2) is 4.79 Å². The van der Waals surface area contributed by atoms with Crippen LogP contribution in [0.1, 0.15) is 27.2 Å². The summed E-state index contributed by atoms with van der Waals surface area (Å²) in [5.74, 6) is -1.03. The summed E-state index contributed by atoms with van der Waals surface area (Å²) >= 11 is 0. The van der Waals surface area contributed by atoms with Crippen molar-refractivity contribution in [3.63, 3.8) is 0 Å². The molecule has 2 amide bonds. The van der Waals surface area contributed by atoms with Crippen LogP contribution in [0.4, 0.5) is 4.79 Å². The van der Waals surface area contributed by atoms with Gasteiger partial charge in [0.05, 0.1) is 18.8 Å². The molecule has 0 aliphatic carbocycles. The maximum atomic E-state index is 11.9. The summed E-state index contributed by atoms with van der Waals surface area (Å²) in [7, 11) is 0. The van der Waals surface area contributed by atoms with E-state index in [1.807, 2.05) is 13.8 Å². The van der Waals surface area contributed by atoms with Gasteiger partial charge in [0.15, 0.2) is 0 Å². The first-order valence-corrected chi connectivity index (χ1v) is 5.87. The van der Waals surface area contributed by atoms with E-state index in [2.05, 4.69) is 5.32 Å². The standard InChI is InChI=1S/C11H20N2O4/c1-4-9-6-17-7(2)5-13(9)11(16)12-8(3)10(14)15/h7-9H,4-6H2,1-3H3,(H,12,16)(H,14,15)/t7?,8-,9?/m1/s1. The van der Waals surface area contributed by atoms with Gasteiger partial charge < -0.3 is 20.1 Å². The number of carbonyl (C=O) groups is 2. The number of carbonyl (C=O) groups excluding carboxylic acids is 1. The second-order valence-electron chi connectivity index (χ2n) is 4.37. The van der Waals surface area contributed by atoms with Crippen LogP contribution in [0.25, 0.3) is 0 Å². The van der Waals surface area contributed by atoms with Crippen molar-refractivity contribution >= 4 is 12.0 Å². The average molecular weight is 244 g/mol. The van der Waals surface area contributed by atoms with Gasteiger partial charge >= 0.3 is 12.0 Å². The van der Waals surface area contributed by atoms with Gasteiger partial charge in [-0.15, -0.1) is 0 Å². The Bertz CT molecular complexity index is 295. The topological polar surface area (TPSA) is 78.9 Å². The molecule has 17 heavy (non-hydrogen) atoms. The fraction of sp³-hybridized carbons (Fsp3) is 0.818. The Morgan fingerprint density at radius 1 is 1.59 bits per heavy atom. The number of hydrogen-bond acceptors (Lipinski definition) is 3. The molecule has 2 N–H and O–H groups in total. The monoisotopic (exact) mass is 244 g/mol. The molecule has 2 unspecified atom stereocenters. The highest BCUT2D eigenvalue weighted by Gasteiger charge is 2.30. The van der Waals surface area contributed by atoms with Gasteiger partial charge in [-0.05, 0) is 20.3 Å². The average Bonchev–Trinajstić information content (AvgIpc) is 2.28. The first-order chi connectivity index (χ1) is 7.95. The third-order valence-electron chi connectivity index (χ3n) is 2.91. The van der Waals surface area contributed by atoms with Crippen LogP contribution >= 0.6 is 0 Å². The molecule has 6 heteroatoms. The molecule has 3 atom stereocenters. The molecule has 0 aromatic rings. The Hall–Kier alpha value is -1.30. The molecular weight excluding hydrogens is 224 g/mol. The zero-order chi connectivity index (χ0) is 13.0. The minimum Gasteiger partial charge on any atom is -0.480 e. The van der Waals surface area contributed by atoms with Gasteiger partial charge in [-0.2, -0.15) is 0 Å². The predicted octanol–water partition coefficient (Wildman–Crippen LogP) is 0.668. The normalized spacial score (nSPS) is 26.4. The highest BCUT2D eigenvalue weighted by Crippen LogP contribution is 2.14. The Morgan fingerprint density at radius 2 is 2.24 bits per heavy atom. The first kappa shape index (κ1) is 13.8. The van der Waals surface area contributed by atoms with Crippen molar-refractivity contribution in [1.29, 1.82) is 0 Å². The molecule has 0 bridgehead atoms. The highest BCUT2D eigenvalue weighted by atomic mass is 16.5. The molecule has 6 nitrogen and oxygen atoms in total. The number of nitrogens with zero attached hydrogens (tertiary/aromatic N) is 1. The van der Waals surface area contributed by atoms with Gasteiger partial charge in [0.25, 0.3) is 0 Å². The molecular formula is C11H20N2O4. The van der Waals surface area contributed by atoms with E-state index in [9.17, 15) is 9.59 Å². The summed E-state index contributed by atoms with van der Waals surface area (Å²) in [5, 5.41) is 11.2. The number of hydrogen-bond donors (Lipinski definition) is 2. The van der Waals surface area contributed by atoms with E-state index in [1.165, 1.54) is 6.92 Å². The quantitative estimate of drug-likeness (QED) is 0.764. The Morgan fingerprint density at radius 3 is 2.76 bits per heavy atom. The number of urea groups is 1. The summed E-state index contributed by atoms with van der Waals surface area (Å²) < 4.78 is 5.48. The lowest BCUT2D eigenvalue weighted by atomic mass is 10.1. The van der Waals surface area contributed by atoms with Crippen LogP contribution in [-0.2, 0) is 9.53 Å². The third kappa shape index (κ3) is 3.59. The van der Waals surface area contributed by atoms with Crippen molar-refractivity contribution in [2.75, 3.05) is 13.2 Å². The summed E-state index contributed by atoms with van der Waals surface area (Å²) in [6.45, 7) is 6.33. The second-order valence-corrected chi connectivity index (χ2v) is 4.37. The summed E-state index contributed by atoms with van der Waals surface area (Å²) in [6, 6.07) is -1.19. The van der Waals surface area contributed by atoms with E-state index in [0.717, 1.165) is 6.42 Å². The number of carboxylic acids is 1. The van der Waals surface area contributed by atoms with Gasteiger partial charge in [-0.3, -0.25) is 4.79 Å². The van der Waals surface area contributed by atoms with Gasteiger partial charge in [0, 0.05) is 6.54 Å². The Kier molecular flexibility index (Phi) is 4.74. The van der Waals surface area contributed by atoms with E-state index in [-0.39, 0.29) is 18.2 Å². The van der Waals surface area contributed by atoms with Crippen molar-refractivity contribution in [2.24, 2.45) is 0 Å². The fourth-order valence-corrected chi connectivity index (χ4v) is 1.76. The summed E-state index contributed by atoms with van der Waals surface area (Å²) in [5.41, 5.74) is 0. The SMILES string of the molecule is CCC1COC(C)CN1C(=O)N[C@H](C)C(=O)O. The molecule has 0 aromatic carbocycles.